The van der Waals surface area contributed by atoms with Gasteiger partial charge in [-0.1, -0.05) is 35.1 Å². The van der Waals surface area contributed by atoms with Gasteiger partial charge in [-0.15, -0.1) is 11.7 Å². The lowest BCUT2D eigenvalue weighted by molar-refractivity contribution is -0.137. The number of allylic oxidation sites excluding steroid dienone is 1. The van der Waals surface area contributed by atoms with Gasteiger partial charge in [-0.3, -0.25) is 0 Å². The summed E-state index contributed by atoms with van der Waals surface area (Å²) < 4.78 is 45.2. The van der Waals surface area contributed by atoms with E-state index in [1.807, 2.05) is 0 Å². The first-order valence-corrected chi connectivity index (χ1v) is 8.31. The van der Waals surface area contributed by atoms with Crippen LogP contribution in [0, 0.1) is 0 Å². The highest BCUT2D eigenvalue weighted by Crippen LogP contribution is 2.34. The SMILES string of the molecule is C=CCn1nnnc1SC(C)c1nc(-c2cccc(C(F)(F)F)c2)no1. The van der Waals surface area contributed by atoms with E-state index in [-0.39, 0.29) is 22.5 Å². The zero-order valence-corrected chi connectivity index (χ0v) is 14.3. The van der Waals surface area contributed by atoms with Gasteiger partial charge in [0.15, 0.2) is 0 Å². The summed E-state index contributed by atoms with van der Waals surface area (Å²) in [4.78, 5) is 4.20. The van der Waals surface area contributed by atoms with E-state index in [2.05, 4.69) is 32.2 Å². The van der Waals surface area contributed by atoms with Crippen LogP contribution in [0.25, 0.3) is 11.4 Å². The molecular weight excluding hydrogens is 369 g/mol. The summed E-state index contributed by atoms with van der Waals surface area (Å²) in [6.45, 7) is 5.88. The summed E-state index contributed by atoms with van der Waals surface area (Å²) in [6.07, 6.45) is -2.78. The Balaban J connectivity index is 1.79. The van der Waals surface area contributed by atoms with Crippen molar-refractivity contribution < 1.29 is 17.7 Å². The molecule has 0 saturated heterocycles. The molecule has 2 heterocycles. The minimum atomic E-state index is -4.44. The number of nitrogens with zero attached hydrogens (tertiary/aromatic N) is 6. The van der Waals surface area contributed by atoms with E-state index in [9.17, 15) is 13.2 Å². The van der Waals surface area contributed by atoms with Crippen LogP contribution < -0.4 is 0 Å². The molecule has 3 rings (SSSR count). The normalized spacial score (nSPS) is 12.9. The molecule has 0 aliphatic carbocycles. The number of rotatable bonds is 6. The Kier molecular flexibility index (Phi) is 5.07. The molecule has 0 amide bonds. The highest BCUT2D eigenvalue weighted by Gasteiger charge is 2.31. The highest BCUT2D eigenvalue weighted by molar-refractivity contribution is 7.99. The molecule has 1 aromatic carbocycles. The maximum absolute atomic E-state index is 12.8. The second-order valence-electron chi connectivity index (χ2n) is 5.23. The molecule has 0 radical (unpaired) electrons. The Labute approximate surface area is 150 Å². The third-order valence-electron chi connectivity index (χ3n) is 3.32. The van der Waals surface area contributed by atoms with Crippen molar-refractivity contribution in [2.45, 2.75) is 30.1 Å². The second-order valence-corrected chi connectivity index (χ2v) is 6.54. The van der Waals surface area contributed by atoms with Crippen LogP contribution in [-0.2, 0) is 12.7 Å². The molecule has 3 aromatic rings. The summed E-state index contributed by atoms with van der Waals surface area (Å²) in [7, 11) is 0. The van der Waals surface area contributed by atoms with E-state index in [1.165, 1.54) is 23.9 Å². The van der Waals surface area contributed by atoms with E-state index in [4.69, 9.17) is 4.52 Å². The molecule has 0 saturated carbocycles. The minimum absolute atomic E-state index is 0.0873. The molecule has 1 atom stereocenters. The van der Waals surface area contributed by atoms with E-state index >= 15 is 0 Å². The van der Waals surface area contributed by atoms with Crippen molar-refractivity contribution in [2.24, 2.45) is 0 Å². The number of alkyl halides is 3. The largest absolute Gasteiger partial charge is 0.416 e. The molecule has 0 spiro atoms. The second kappa shape index (κ2) is 7.28. The molecule has 1 unspecified atom stereocenters. The molecule has 0 N–H and O–H groups in total. The number of aromatic nitrogens is 6. The van der Waals surface area contributed by atoms with E-state index in [0.717, 1.165) is 12.1 Å². The third kappa shape index (κ3) is 3.93. The quantitative estimate of drug-likeness (QED) is 0.474. The number of tetrazole rings is 1. The average molecular weight is 382 g/mol. The van der Waals surface area contributed by atoms with E-state index < -0.39 is 11.7 Å². The first kappa shape index (κ1) is 18.1. The lowest BCUT2D eigenvalue weighted by atomic mass is 10.1. The summed E-state index contributed by atoms with van der Waals surface area (Å²) in [5.74, 6) is 0.347. The Morgan fingerprint density at radius 2 is 2.19 bits per heavy atom. The summed E-state index contributed by atoms with van der Waals surface area (Å²) >= 11 is 1.29. The van der Waals surface area contributed by atoms with Crippen LogP contribution in [0.1, 0.15) is 23.6 Å². The van der Waals surface area contributed by atoms with Crippen molar-refractivity contribution >= 4 is 11.8 Å². The Bertz CT molecular complexity index is 907. The van der Waals surface area contributed by atoms with Crippen LogP contribution >= 0.6 is 11.8 Å². The number of benzene rings is 1. The van der Waals surface area contributed by atoms with Crippen molar-refractivity contribution in [2.75, 3.05) is 0 Å². The number of hydrogen-bond donors (Lipinski definition) is 0. The van der Waals surface area contributed by atoms with Gasteiger partial charge in [0.2, 0.25) is 16.9 Å². The highest BCUT2D eigenvalue weighted by atomic mass is 32.2. The monoisotopic (exact) mass is 382 g/mol. The van der Waals surface area contributed by atoms with Gasteiger partial charge in [0.05, 0.1) is 17.4 Å². The molecule has 26 heavy (non-hydrogen) atoms. The summed E-state index contributed by atoms with van der Waals surface area (Å²) in [5.41, 5.74) is -0.545. The molecule has 136 valence electrons. The zero-order chi connectivity index (χ0) is 18.7. The van der Waals surface area contributed by atoms with Crippen LogP contribution in [-0.4, -0.2) is 30.3 Å². The van der Waals surface area contributed by atoms with E-state index in [1.54, 1.807) is 17.7 Å². The number of thioether (sulfide) groups is 1. The van der Waals surface area contributed by atoms with E-state index in [0.29, 0.717) is 11.7 Å². The standard InChI is InChI=1S/C15H13F3N6OS/c1-3-7-24-14(20-22-23-24)26-9(2)13-19-12(21-25-13)10-5-4-6-11(8-10)15(16,17)18/h3-6,8-9H,1,7H2,2H3. The van der Waals surface area contributed by atoms with Gasteiger partial charge in [-0.25, -0.2) is 4.68 Å². The van der Waals surface area contributed by atoms with Crippen LogP contribution in [0.15, 0.2) is 46.6 Å². The molecule has 0 bridgehead atoms. The molecule has 7 nitrogen and oxygen atoms in total. The van der Waals surface area contributed by atoms with Gasteiger partial charge >= 0.3 is 6.18 Å². The first-order chi connectivity index (χ1) is 12.4. The number of halogens is 3. The van der Waals surface area contributed by atoms with Crippen LogP contribution in [0.5, 0.6) is 0 Å². The Morgan fingerprint density at radius 3 is 2.92 bits per heavy atom. The van der Waals surface area contributed by atoms with Gasteiger partial charge < -0.3 is 4.52 Å². The minimum Gasteiger partial charge on any atom is -0.338 e. The van der Waals surface area contributed by atoms with Gasteiger partial charge in [-0.2, -0.15) is 18.2 Å². The fourth-order valence-corrected chi connectivity index (χ4v) is 2.91. The van der Waals surface area contributed by atoms with Crippen LogP contribution in [0.2, 0.25) is 0 Å². The van der Waals surface area contributed by atoms with Crippen molar-refractivity contribution in [1.82, 2.24) is 30.3 Å². The lowest BCUT2D eigenvalue weighted by Gasteiger charge is -2.06. The first-order valence-electron chi connectivity index (χ1n) is 7.43. The fourth-order valence-electron chi connectivity index (χ4n) is 2.08. The van der Waals surface area contributed by atoms with Gasteiger partial charge in [0, 0.05) is 5.56 Å². The fraction of sp³-hybridized carbons (Fsp3) is 0.267. The van der Waals surface area contributed by atoms with Crippen molar-refractivity contribution in [1.29, 1.82) is 0 Å². The smallest absolute Gasteiger partial charge is 0.338 e. The van der Waals surface area contributed by atoms with Crippen molar-refractivity contribution in [3.8, 4) is 11.4 Å². The molecule has 0 aliphatic rings. The average Bonchev–Trinajstić information content (AvgIpc) is 3.25. The molecule has 0 aliphatic heterocycles. The lowest BCUT2D eigenvalue weighted by Crippen LogP contribution is -2.04. The topological polar surface area (TPSA) is 82.5 Å². The maximum atomic E-state index is 12.8. The summed E-state index contributed by atoms with van der Waals surface area (Å²) in [5, 5.41) is 15.3. The Morgan fingerprint density at radius 1 is 1.38 bits per heavy atom. The molecular formula is C15H13F3N6OS. The van der Waals surface area contributed by atoms with Crippen LogP contribution in [0.3, 0.4) is 0 Å². The van der Waals surface area contributed by atoms with Gasteiger partial charge in [0.1, 0.15) is 0 Å². The zero-order valence-electron chi connectivity index (χ0n) is 13.5. The molecule has 0 fully saturated rings. The predicted molar refractivity (Wildman–Crippen MR) is 87.0 cm³/mol. The van der Waals surface area contributed by atoms with Gasteiger partial charge in [0.25, 0.3) is 0 Å². The van der Waals surface area contributed by atoms with Crippen molar-refractivity contribution in [3.05, 3.63) is 48.4 Å². The summed E-state index contributed by atoms with van der Waals surface area (Å²) in [6, 6.07) is 4.77. The van der Waals surface area contributed by atoms with Gasteiger partial charge in [-0.05, 0) is 29.5 Å². The van der Waals surface area contributed by atoms with Crippen molar-refractivity contribution in [3.63, 3.8) is 0 Å². The maximum Gasteiger partial charge on any atom is 0.416 e. The Hall–Kier alpha value is -2.69. The molecule has 11 heteroatoms. The third-order valence-corrected chi connectivity index (χ3v) is 4.38. The molecule has 2 aromatic heterocycles. The van der Waals surface area contributed by atoms with Crippen LogP contribution in [0.4, 0.5) is 13.2 Å². The predicted octanol–water partition coefficient (Wildman–Crippen LogP) is 3.78. The number of hydrogen-bond acceptors (Lipinski definition) is 7.